The molecule has 0 spiro atoms. The summed E-state index contributed by atoms with van der Waals surface area (Å²) in [5, 5.41) is 5.63. The van der Waals surface area contributed by atoms with Gasteiger partial charge >= 0.3 is 0 Å². The van der Waals surface area contributed by atoms with Crippen LogP contribution in [0, 0.1) is 6.92 Å². The SMILES string of the molecule is Cc1ccccc1CNC(=O)c1cccc(C(=O)NCCN(C)C)n1. The second-order valence-electron chi connectivity index (χ2n) is 6.08. The molecule has 0 bridgehead atoms. The second kappa shape index (κ2) is 8.94. The van der Waals surface area contributed by atoms with E-state index in [-0.39, 0.29) is 23.2 Å². The highest BCUT2D eigenvalue weighted by atomic mass is 16.2. The second-order valence-corrected chi connectivity index (χ2v) is 6.08. The molecule has 6 nitrogen and oxygen atoms in total. The summed E-state index contributed by atoms with van der Waals surface area (Å²) in [4.78, 5) is 30.5. The van der Waals surface area contributed by atoms with Gasteiger partial charge in [0.25, 0.3) is 11.8 Å². The maximum atomic E-state index is 12.3. The number of amides is 2. The third-order valence-corrected chi connectivity index (χ3v) is 3.76. The molecule has 0 aliphatic carbocycles. The number of hydrogen-bond acceptors (Lipinski definition) is 4. The number of nitrogens with zero attached hydrogens (tertiary/aromatic N) is 2. The van der Waals surface area contributed by atoms with Crippen molar-refractivity contribution in [2.45, 2.75) is 13.5 Å². The van der Waals surface area contributed by atoms with Crippen LogP contribution in [0.4, 0.5) is 0 Å². The molecule has 0 aliphatic rings. The van der Waals surface area contributed by atoms with Gasteiger partial charge in [-0.15, -0.1) is 0 Å². The minimum absolute atomic E-state index is 0.230. The summed E-state index contributed by atoms with van der Waals surface area (Å²) in [6.45, 7) is 3.68. The number of rotatable bonds is 7. The Bertz CT molecular complexity index is 744. The van der Waals surface area contributed by atoms with E-state index in [1.54, 1.807) is 18.2 Å². The van der Waals surface area contributed by atoms with Crippen molar-refractivity contribution in [1.82, 2.24) is 20.5 Å². The highest BCUT2D eigenvalue weighted by molar-refractivity contribution is 5.96. The van der Waals surface area contributed by atoms with Crippen LogP contribution in [0.1, 0.15) is 32.1 Å². The smallest absolute Gasteiger partial charge is 0.270 e. The van der Waals surface area contributed by atoms with E-state index in [4.69, 9.17) is 0 Å². The number of aryl methyl sites for hydroxylation is 1. The number of carbonyl (C=O) groups is 2. The lowest BCUT2D eigenvalue weighted by Gasteiger charge is -2.11. The third-order valence-electron chi connectivity index (χ3n) is 3.76. The average Bonchev–Trinajstić information content (AvgIpc) is 2.60. The Morgan fingerprint density at radius 1 is 0.960 bits per heavy atom. The molecule has 2 rings (SSSR count). The van der Waals surface area contributed by atoms with Gasteiger partial charge in [0.2, 0.25) is 0 Å². The van der Waals surface area contributed by atoms with Gasteiger partial charge in [0.15, 0.2) is 0 Å². The van der Waals surface area contributed by atoms with Crippen LogP contribution in [-0.2, 0) is 6.54 Å². The fourth-order valence-electron chi connectivity index (χ4n) is 2.25. The minimum Gasteiger partial charge on any atom is -0.349 e. The quantitative estimate of drug-likeness (QED) is 0.803. The first-order valence-electron chi connectivity index (χ1n) is 8.20. The van der Waals surface area contributed by atoms with Gasteiger partial charge in [-0.2, -0.15) is 0 Å². The number of nitrogens with one attached hydrogen (secondary N) is 2. The van der Waals surface area contributed by atoms with Gasteiger partial charge in [-0.25, -0.2) is 4.98 Å². The van der Waals surface area contributed by atoms with Gasteiger partial charge in [0, 0.05) is 19.6 Å². The van der Waals surface area contributed by atoms with E-state index >= 15 is 0 Å². The number of aromatic nitrogens is 1. The predicted molar refractivity (Wildman–Crippen MR) is 97.5 cm³/mol. The van der Waals surface area contributed by atoms with Crippen LogP contribution in [0.5, 0.6) is 0 Å². The predicted octanol–water partition coefficient (Wildman–Crippen LogP) is 1.61. The van der Waals surface area contributed by atoms with Crippen molar-refractivity contribution in [3.05, 3.63) is 65.0 Å². The molecule has 0 saturated carbocycles. The molecule has 0 atom stereocenters. The molecule has 1 aromatic carbocycles. The topological polar surface area (TPSA) is 74.3 Å². The lowest BCUT2D eigenvalue weighted by Crippen LogP contribution is -2.32. The average molecular weight is 340 g/mol. The van der Waals surface area contributed by atoms with E-state index in [2.05, 4.69) is 15.6 Å². The first-order chi connectivity index (χ1) is 12.0. The first kappa shape index (κ1) is 18.6. The Balaban J connectivity index is 1.96. The molecule has 2 N–H and O–H groups in total. The number of hydrogen-bond donors (Lipinski definition) is 2. The molecule has 132 valence electrons. The summed E-state index contributed by atoms with van der Waals surface area (Å²) in [6, 6.07) is 12.7. The molecular weight excluding hydrogens is 316 g/mol. The zero-order valence-corrected chi connectivity index (χ0v) is 14.9. The van der Waals surface area contributed by atoms with Crippen LogP contribution in [0.3, 0.4) is 0 Å². The molecule has 1 heterocycles. The Labute approximate surface area is 148 Å². The van der Waals surface area contributed by atoms with Gasteiger partial charge in [0.1, 0.15) is 11.4 Å². The van der Waals surface area contributed by atoms with Crippen LogP contribution in [0.25, 0.3) is 0 Å². The Morgan fingerprint density at radius 2 is 1.60 bits per heavy atom. The van der Waals surface area contributed by atoms with Crippen molar-refractivity contribution >= 4 is 11.8 Å². The molecule has 6 heteroatoms. The largest absolute Gasteiger partial charge is 0.349 e. The van der Waals surface area contributed by atoms with Crippen LogP contribution in [0.15, 0.2) is 42.5 Å². The van der Waals surface area contributed by atoms with E-state index in [1.807, 2.05) is 50.2 Å². The maximum absolute atomic E-state index is 12.3. The molecule has 0 aliphatic heterocycles. The lowest BCUT2D eigenvalue weighted by molar-refractivity contribution is 0.0941. The number of carbonyl (C=O) groups excluding carboxylic acids is 2. The molecule has 0 unspecified atom stereocenters. The van der Waals surface area contributed by atoms with Crippen LogP contribution >= 0.6 is 0 Å². The maximum Gasteiger partial charge on any atom is 0.270 e. The van der Waals surface area contributed by atoms with Crippen molar-refractivity contribution in [3.8, 4) is 0 Å². The van der Waals surface area contributed by atoms with Gasteiger partial charge in [-0.1, -0.05) is 30.3 Å². The van der Waals surface area contributed by atoms with Crippen molar-refractivity contribution in [2.75, 3.05) is 27.2 Å². The van der Waals surface area contributed by atoms with E-state index in [1.165, 1.54) is 0 Å². The first-order valence-corrected chi connectivity index (χ1v) is 8.20. The standard InChI is InChI=1S/C19H24N4O2/c1-14-7-4-5-8-15(14)13-21-19(25)17-10-6-9-16(22-17)18(24)20-11-12-23(2)3/h4-10H,11-13H2,1-3H3,(H,20,24)(H,21,25). The zero-order valence-electron chi connectivity index (χ0n) is 14.9. The number of pyridine rings is 1. The van der Waals surface area contributed by atoms with Crippen molar-refractivity contribution in [2.24, 2.45) is 0 Å². The summed E-state index contributed by atoms with van der Waals surface area (Å²) in [7, 11) is 3.87. The lowest BCUT2D eigenvalue weighted by atomic mass is 10.1. The molecule has 2 aromatic rings. The summed E-state index contributed by atoms with van der Waals surface area (Å²) < 4.78 is 0. The van der Waals surface area contributed by atoms with E-state index in [0.717, 1.165) is 17.7 Å². The fraction of sp³-hybridized carbons (Fsp3) is 0.316. The van der Waals surface area contributed by atoms with Crippen LogP contribution < -0.4 is 10.6 Å². The molecule has 25 heavy (non-hydrogen) atoms. The Hall–Kier alpha value is -2.73. The summed E-state index contributed by atoms with van der Waals surface area (Å²) in [5.41, 5.74) is 2.63. The zero-order chi connectivity index (χ0) is 18.2. The molecule has 1 aromatic heterocycles. The molecule has 0 radical (unpaired) electrons. The van der Waals surface area contributed by atoms with Crippen molar-refractivity contribution in [3.63, 3.8) is 0 Å². The number of benzene rings is 1. The number of likely N-dealkylation sites (N-methyl/N-ethyl adjacent to an activating group) is 1. The summed E-state index contributed by atoms with van der Waals surface area (Å²) in [6.07, 6.45) is 0. The molecular formula is C19H24N4O2. The third kappa shape index (κ3) is 5.69. The molecule has 0 fully saturated rings. The van der Waals surface area contributed by atoms with Gasteiger partial charge < -0.3 is 15.5 Å². The normalized spacial score (nSPS) is 10.6. The van der Waals surface area contributed by atoms with Crippen LogP contribution in [0.2, 0.25) is 0 Å². The molecule has 2 amide bonds. The van der Waals surface area contributed by atoms with E-state index in [0.29, 0.717) is 13.1 Å². The van der Waals surface area contributed by atoms with Gasteiger partial charge in [-0.05, 0) is 44.3 Å². The highest BCUT2D eigenvalue weighted by Crippen LogP contribution is 2.07. The summed E-state index contributed by atoms with van der Waals surface area (Å²) in [5.74, 6) is -0.582. The summed E-state index contributed by atoms with van der Waals surface area (Å²) >= 11 is 0. The van der Waals surface area contributed by atoms with E-state index in [9.17, 15) is 9.59 Å². The Kier molecular flexibility index (Phi) is 6.65. The Morgan fingerprint density at radius 3 is 2.24 bits per heavy atom. The van der Waals surface area contributed by atoms with Crippen LogP contribution in [-0.4, -0.2) is 48.9 Å². The van der Waals surface area contributed by atoms with E-state index < -0.39 is 0 Å². The minimum atomic E-state index is -0.300. The monoisotopic (exact) mass is 340 g/mol. The van der Waals surface area contributed by atoms with Crippen molar-refractivity contribution < 1.29 is 9.59 Å². The van der Waals surface area contributed by atoms with Gasteiger partial charge in [-0.3, -0.25) is 9.59 Å². The molecule has 0 saturated heterocycles. The fourth-order valence-corrected chi connectivity index (χ4v) is 2.25. The van der Waals surface area contributed by atoms with Crippen molar-refractivity contribution in [1.29, 1.82) is 0 Å². The highest BCUT2D eigenvalue weighted by Gasteiger charge is 2.12. The van der Waals surface area contributed by atoms with Gasteiger partial charge in [0.05, 0.1) is 0 Å².